The predicted octanol–water partition coefficient (Wildman–Crippen LogP) is 1.53. The summed E-state index contributed by atoms with van der Waals surface area (Å²) in [7, 11) is 0. The van der Waals surface area contributed by atoms with Gasteiger partial charge in [-0.05, 0) is 61.0 Å². The second kappa shape index (κ2) is 4.92. The molecule has 1 N–H and O–H groups in total. The molecule has 4 aliphatic rings. The van der Waals surface area contributed by atoms with Gasteiger partial charge in [-0.1, -0.05) is 0 Å². The number of hydrogen-bond donors (Lipinski definition) is 1. The number of aromatic amines is 1. The minimum atomic E-state index is 0.0269. The summed E-state index contributed by atoms with van der Waals surface area (Å²) in [5.41, 5.74) is 1.83. The van der Waals surface area contributed by atoms with Crippen LogP contribution in [-0.4, -0.2) is 50.0 Å². The standard InChI is InChI=1S/C18H20N10/c1-11-2-17(3-12(1)5-18(4-11,8-17)28-22-9-21-26-28)6-14-23-16-13-7-20-24-15(13)19-10-27(16)25-14/h7,9-12H,1-6,8H2,(H,20,24). The fraction of sp³-hybridized carbons (Fsp3) is 0.611. The summed E-state index contributed by atoms with van der Waals surface area (Å²) in [4.78, 5) is 11.2. The van der Waals surface area contributed by atoms with Gasteiger partial charge in [0.25, 0.3) is 0 Å². The van der Waals surface area contributed by atoms with Crippen molar-refractivity contribution in [3.8, 4) is 0 Å². The fourth-order valence-corrected chi connectivity index (χ4v) is 6.92. The first-order chi connectivity index (χ1) is 13.7. The van der Waals surface area contributed by atoms with E-state index in [4.69, 9.17) is 10.1 Å². The van der Waals surface area contributed by atoms with Gasteiger partial charge in [-0.25, -0.2) is 14.5 Å². The molecule has 0 radical (unpaired) electrons. The summed E-state index contributed by atoms with van der Waals surface area (Å²) >= 11 is 0. The molecule has 2 unspecified atom stereocenters. The van der Waals surface area contributed by atoms with Crippen LogP contribution in [0.4, 0.5) is 0 Å². The largest absolute Gasteiger partial charge is 0.261 e. The molecule has 4 saturated carbocycles. The molecule has 142 valence electrons. The number of hydrogen-bond acceptors (Lipinski definition) is 7. The van der Waals surface area contributed by atoms with Gasteiger partial charge < -0.3 is 0 Å². The van der Waals surface area contributed by atoms with Crippen LogP contribution in [0, 0.1) is 17.3 Å². The van der Waals surface area contributed by atoms with Gasteiger partial charge in [-0.2, -0.15) is 9.90 Å². The van der Waals surface area contributed by atoms with Crippen molar-refractivity contribution in [2.24, 2.45) is 17.3 Å². The number of rotatable bonds is 3. The van der Waals surface area contributed by atoms with Crippen LogP contribution < -0.4 is 0 Å². The van der Waals surface area contributed by atoms with E-state index < -0.39 is 0 Å². The zero-order valence-corrected chi connectivity index (χ0v) is 15.4. The van der Waals surface area contributed by atoms with Gasteiger partial charge in [0.2, 0.25) is 0 Å². The SMILES string of the molecule is c1nnn(C23CC4CC(CC(Cc5nc6c7cn[nH]c7ncn6n5)(C4)C2)C3)n1. The molecule has 0 saturated heterocycles. The smallest absolute Gasteiger partial charge is 0.170 e. The highest BCUT2D eigenvalue weighted by Gasteiger charge is 2.59. The van der Waals surface area contributed by atoms with Gasteiger partial charge in [-0.15, -0.1) is 15.3 Å². The van der Waals surface area contributed by atoms with Crippen LogP contribution in [0.25, 0.3) is 16.7 Å². The van der Waals surface area contributed by atoms with Gasteiger partial charge in [-0.3, -0.25) is 5.10 Å². The Morgan fingerprint density at radius 1 is 1.18 bits per heavy atom. The van der Waals surface area contributed by atoms with Crippen molar-refractivity contribution >= 4 is 16.7 Å². The zero-order chi connectivity index (χ0) is 18.3. The molecule has 8 rings (SSSR count). The van der Waals surface area contributed by atoms with E-state index in [0.29, 0.717) is 0 Å². The maximum Gasteiger partial charge on any atom is 0.170 e. The molecule has 4 aromatic heterocycles. The molecular weight excluding hydrogens is 356 g/mol. The second-order valence-corrected chi connectivity index (χ2v) is 9.26. The fourth-order valence-electron chi connectivity index (χ4n) is 6.92. The third-order valence-corrected chi connectivity index (χ3v) is 7.29. The molecule has 4 aromatic rings. The lowest BCUT2D eigenvalue weighted by Crippen LogP contribution is -2.57. The number of fused-ring (bicyclic) bond motifs is 3. The average molecular weight is 376 g/mol. The first kappa shape index (κ1) is 15.1. The van der Waals surface area contributed by atoms with Crippen molar-refractivity contribution in [2.45, 2.75) is 50.5 Å². The lowest BCUT2D eigenvalue weighted by atomic mass is 9.46. The highest BCUT2D eigenvalue weighted by atomic mass is 15.6. The van der Waals surface area contributed by atoms with E-state index in [1.807, 2.05) is 4.80 Å². The van der Waals surface area contributed by atoms with Crippen LogP contribution >= 0.6 is 0 Å². The molecule has 4 heterocycles. The third kappa shape index (κ3) is 1.95. The van der Waals surface area contributed by atoms with Gasteiger partial charge in [0.15, 0.2) is 23.4 Å². The first-order valence-corrected chi connectivity index (χ1v) is 9.97. The van der Waals surface area contributed by atoms with E-state index in [9.17, 15) is 0 Å². The van der Waals surface area contributed by atoms with E-state index in [0.717, 1.165) is 47.2 Å². The summed E-state index contributed by atoms with van der Waals surface area (Å²) < 4.78 is 1.78. The summed E-state index contributed by atoms with van der Waals surface area (Å²) in [6, 6.07) is 0. The normalized spacial score (nSPS) is 34.0. The lowest BCUT2D eigenvalue weighted by Gasteiger charge is -2.61. The molecule has 10 nitrogen and oxygen atoms in total. The Hall–Kier alpha value is -2.91. The van der Waals surface area contributed by atoms with Crippen molar-refractivity contribution < 1.29 is 0 Å². The van der Waals surface area contributed by atoms with Crippen molar-refractivity contribution in [1.82, 2.24) is 50.0 Å². The van der Waals surface area contributed by atoms with Crippen LogP contribution in [0.15, 0.2) is 18.9 Å². The van der Waals surface area contributed by atoms with Gasteiger partial charge in [0.1, 0.15) is 6.33 Å². The van der Waals surface area contributed by atoms with E-state index in [2.05, 4.69) is 30.6 Å². The molecule has 0 amide bonds. The zero-order valence-electron chi connectivity index (χ0n) is 15.4. The maximum atomic E-state index is 4.88. The Labute approximate surface area is 159 Å². The number of H-pyrrole nitrogens is 1. The average Bonchev–Trinajstić information content (AvgIpc) is 3.40. The van der Waals surface area contributed by atoms with E-state index >= 15 is 0 Å². The molecule has 0 spiro atoms. The Morgan fingerprint density at radius 2 is 2.07 bits per heavy atom. The van der Waals surface area contributed by atoms with Gasteiger partial charge in [0, 0.05) is 6.42 Å². The van der Waals surface area contributed by atoms with E-state index in [1.54, 1.807) is 23.4 Å². The molecule has 28 heavy (non-hydrogen) atoms. The number of aromatic nitrogens is 10. The number of nitrogens with one attached hydrogen (secondary N) is 1. The third-order valence-electron chi connectivity index (χ3n) is 7.29. The monoisotopic (exact) mass is 376 g/mol. The summed E-state index contributed by atoms with van der Waals surface area (Å²) in [6.45, 7) is 0. The summed E-state index contributed by atoms with van der Waals surface area (Å²) in [5.74, 6) is 2.39. The van der Waals surface area contributed by atoms with Crippen LogP contribution in [0.5, 0.6) is 0 Å². The molecule has 0 aromatic carbocycles. The summed E-state index contributed by atoms with van der Waals surface area (Å²) in [6.07, 6.45) is 13.3. The Kier molecular flexibility index (Phi) is 2.65. The molecule has 4 bridgehead atoms. The molecular formula is C18H20N10. The van der Waals surface area contributed by atoms with Crippen molar-refractivity contribution in [3.05, 3.63) is 24.7 Å². The van der Waals surface area contributed by atoms with Gasteiger partial charge >= 0.3 is 0 Å². The Morgan fingerprint density at radius 3 is 2.89 bits per heavy atom. The van der Waals surface area contributed by atoms with E-state index in [-0.39, 0.29) is 11.0 Å². The molecule has 2 atom stereocenters. The first-order valence-electron chi connectivity index (χ1n) is 9.97. The molecule has 0 aliphatic heterocycles. The minimum absolute atomic E-state index is 0.0269. The predicted molar refractivity (Wildman–Crippen MR) is 97.0 cm³/mol. The van der Waals surface area contributed by atoms with E-state index in [1.165, 1.54) is 32.1 Å². The Bertz CT molecular complexity index is 1170. The minimum Gasteiger partial charge on any atom is -0.261 e. The Balaban J connectivity index is 1.29. The summed E-state index contributed by atoms with van der Waals surface area (Å²) in [5, 5.41) is 25.4. The molecule has 4 fully saturated rings. The topological polar surface area (TPSA) is 115 Å². The van der Waals surface area contributed by atoms with Crippen molar-refractivity contribution in [3.63, 3.8) is 0 Å². The number of nitrogens with zero attached hydrogens (tertiary/aromatic N) is 9. The molecule has 10 heteroatoms. The van der Waals surface area contributed by atoms with Crippen molar-refractivity contribution in [1.29, 1.82) is 0 Å². The highest BCUT2D eigenvalue weighted by Crippen LogP contribution is 2.64. The van der Waals surface area contributed by atoms with Gasteiger partial charge in [0.05, 0.1) is 17.1 Å². The van der Waals surface area contributed by atoms with Crippen LogP contribution in [-0.2, 0) is 12.0 Å². The second-order valence-electron chi connectivity index (χ2n) is 9.26. The molecule has 4 aliphatic carbocycles. The lowest BCUT2D eigenvalue weighted by molar-refractivity contribution is -0.112. The maximum absolute atomic E-state index is 4.88. The quantitative estimate of drug-likeness (QED) is 0.576. The highest BCUT2D eigenvalue weighted by molar-refractivity contribution is 5.87. The van der Waals surface area contributed by atoms with Crippen LogP contribution in [0.1, 0.15) is 44.3 Å². The van der Waals surface area contributed by atoms with Crippen molar-refractivity contribution in [2.75, 3.05) is 0 Å². The van der Waals surface area contributed by atoms with Crippen LogP contribution in [0.2, 0.25) is 0 Å². The van der Waals surface area contributed by atoms with Crippen LogP contribution in [0.3, 0.4) is 0 Å². The number of tetrazole rings is 1.